The van der Waals surface area contributed by atoms with E-state index in [0.29, 0.717) is 0 Å². The molecule has 0 bridgehead atoms. The molecule has 0 aromatic carbocycles. The van der Waals surface area contributed by atoms with Crippen LogP contribution in [0.5, 0.6) is 0 Å². The maximum atomic E-state index is 9.10. The molecule has 0 unspecified atom stereocenters. The highest BCUT2D eigenvalue weighted by Gasteiger charge is 2.14. The van der Waals surface area contributed by atoms with E-state index in [1.807, 2.05) is 4.90 Å². The molecule has 0 saturated heterocycles. The average Bonchev–Trinajstić information content (AvgIpc) is 2.80. The van der Waals surface area contributed by atoms with Gasteiger partial charge in [-0.3, -0.25) is 4.99 Å². The SMILES string of the molecule is CCCCCCCCCCC1=NCCN1CO. The molecule has 0 fully saturated rings. The minimum Gasteiger partial charge on any atom is -0.376 e. The molecule has 0 radical (unpaired) electrons. The minimum atomic E-state index is 0.135. The number of unbranched alkanes of at least 4 members (excludes halogenated alkanes) is 7. The van der Waals surface area contributed by atoms with Gasteiger partial charge in [0.1, 0.15) is 12.6 Å². The molecular weight excluding hydrogens is 212 g/mol. The van der Waals surface area contributed by atoms with E-state index in [4.69, 9.17) is 5.11 Å². The molecule has 3 nitrogen and oxygen atoms in total. The highest BCUT2D eigenvalue weighted by molar-refractivity contribution is 5.83. The summed E-state index contributed by atoms with van der Waals surface area (Å²) in [6, 6.07) is 0. The van der Waals surface area contributed by atoms with Crippen molar-refractivity contribution >= 4 is 5.84 Å². The fraction of sp³-hybridized carbons (Fsp3) is 0.929. The molecule has 0 aliphatic carbocycles. The molecule has 1 N–H and O–H groups in total. The fourth-order valence-corrected chi connectivity index (χ4v) is 2.34. The Morgan fingerprint density at radius 3 is 2.35 bits per heavy atom. The van der Waals surface area contributed by atoms with Crippen molar-refractivity contribution in [3.63, 3.8) is 0 Å². The largest absolute Gasteiger partial charge is 0.376 e. The molecule has 0 aromatic rings. The van der Waals surface area contributed by atoms with Gasteiger partial charge >= 0.3 is 0 Å². The number of amidine groups is 1. The third-order valence-electron chi connectivity index (χ3n) is 3.45. The van der Waals surface area contributed by atoms with Crippen molar-refractivity contribution < 1.29 is 5.11 Å². The normalized spacial score (nSPS) is 15.4. The lowest BCUT2D eigenvalue weighted by atomic mass is 10.1. The van der Waals surface area contributed by atoms with Crippen LogP contribution < -0.4 is 0 Å². The Balaban J connectivity index is 1.90. The van der Waals surface area contributed by atoms with Crippen LogP contribution in [0, 0.1) is 0 Å². The summed E-state index contributed by atoms with van der Waals surface area (Å²) in [5.74, 6) is 1.12. The van der Waals surface area contributed by atoms with E-state index >= 15 is 0 Å². The molecule has 0 aromatic heterocycles. The lowest BCUT2D eigenvalue weighted by Gasteiger charge is -2.16. The molecular formula is C14H28N2O. The number of aliphatic hydroxyl groups excluding tert-OH is 1. The number of hydrogen-bond acceptors (Lipinski definition) is 3. The molecule has 1 aliphatic heterocycles. The second-order valence-corrected chi connectivity index (χ2v) is 4.93. The van der Waals surface area contributed by atoms with Gasteiger partial charge in [-0.05, 0) is 6.42 Å². The van der Waals surface area contributed by atoms with E-state index in [-0.39, 0.29) is 6.73 Å². The molecule has 3 heteroatoms. The summed E-state index contributed by atoms with van der Waals surface area (Å²) in [5, 5.41) is 9.10. The molecule has 0 saturated carbocycles. The van der Waals surface area contributed by atoms with Crippen LogP contribution in [0.3, 0.4) is 0 Å². The highest BCUT2D eigenvalue weighted by atomic mass is 16.3. The predicted octanol–water partition coefficient (Wildman–Crippen LogP) is 3.18. The molecule has 1 rings (SSSR count). The maximum Gasteiger partial charge on any atom is 0.116 e. The third kappa shape index (κ3) is 6.06. The van der Waals surface area contributed by atoms with Gasteiger partial charge in [0, 0.05) is 13.0 Å². The summed E-state index contributed by atoms with van der Waals surface area (Å²) >= 11 is 0. The number of hydrogen-bond donors (Lipinski definition) is 1. The van der Waals surface area contributed by atoms with Crippen LogP contribution >= 0.6 is 0 Å². The Kier molecular flexibility index (Phi) is 8.06. The topological polar surface area (TPSA) is 35.8 Å². The van der Waals surface area contributed by atoms with Gasteiger partial charge in [-0.15, -0.1) is 0 Å². The minimum absolute atomic E-state index is 0.135. The zero-order chi connectivity index (χ0) is 12.3. The third-order valence-corrected chi connectivity index (χ3v) is 3.45. The van der Waals surface area contributed by atoms with Gasteiger partial charge in [0.25, 0.3) is 0 Å². The Bertz CT molecular complexity index is 216. The predicted molar refractivity (Wildman–Crippen MR) is 73.3 cm³/mol. The summed E-state index contributed by atoms with van der Waals surface area (Å²) in [5.41, 5.74) is 0. The monoisotopic (exact) mass is 240 g/mol. The summed E-state index contributed by atoms with van der Waals surface area (Å²) < 4.78 is 0. The van der Waals surface area contributed by atoms with Gasteiger partial charge in [-0.25, -0.2) is 0 Å². The molecule has 17 heavy (non-hydrogen) atoms. The van der Waals surface area contributed by atoms with E-state index < -0.39 is 0 Å². The van der Waals surface area contributed by atoms with Crippen molar-refractivity contribution in [2.45, 2.75) is 64.7 Å². The highest BCUT2D eigenvalue weighted by Crippen LogP contribution is 2.12. The smallest absolute Gasteiger partial charge is 0.116 e. The first-order valence-electron chi connectivity index (χ1n) is 7.27. The maximum absolute atomic E-state index is 9.10. The van der Waals surface area contributed by atoms with Gasteiger partial charge in [0.05, 0.1) is 6.54 Å². The first-order valence-corrected chi connectivity index (χ1v) is 7.27. The molecule has 0 amide bonds. The van der Waals surface area contributed by atoms with Crippen molar-refractivity contribution in [3.05, 3.63) is 0 Å². The van der Waals surface area contributed by atoms with E-state index in [1.54, 1.807) is 0 Å². The van der Waals surface area contributed by atoms with E-state index in [1.165, 1.54) is 51.4 Å². The van der Waals surface area contributed by atoms with Crippen molar-refractivity contribution in [2.24, 2.45) is 4.99 Å². The van der Waals surface area contributed by atoms with Gasteiger partial charge in [0.15, 0.2) is 0 Å². The molecule has 1 aliphatic rings. The van der Waals surface area contributed by atoms with Crippen molar-refractivity contribution in [1.29, 1.82) is 0 Å². The number of aliphatic hydroxyl groups is 1. The van der Waals surface area contributed by atoms with Gasteiger partial charge in [0.2, 0.25) is 0 Å². The van der Waals surface area contributed by atoms with Gasteiger partial charge in [-0.1, -0.05) is 51.9 Å². The number of nitrogens with zero attached hydrogens (tertiary/aromatic N) is 2. The van der Waals surface area contributed by atoms with Crippen molar-refractivity contribution in [2.75, 3.05) is 19.8 Å². The zero-order valence-corrected chi connectivity index (χ0v) is 11.3. The average molecular weight is 240 g/mol. The first-order chi connectivity index (χ1) is 8.38. The molecule has 100 valence electrons. The summed E-state index contributed by atoms with van der Waals surface area (Å²) in [4.78, 5) is 6.42. The van der Waals surface area contributed by atoms with Crippen molar-refractivity contribution in [1.82, 2.24) is 4.90 Å². The summed E-state index contributed by atoms with van der Waals surface area (Å²) in [7, 11) is 0. The Labute approximate surface area is 106 Å². The van der Waals surface area contributed by atoms with E-state index in [2.05, 4.69) is 11.9 Å². The second kappa shape index (κ2) is 9.46. The van der Waals surface area contributed by atoms with Crippen LogP contribution in [-0.4, -0.2) is 35.7 Å². The molecule has 1 heterocycles. The van der Waals surface area contributed by atoms with Crippen LogP contribution in [0.15, 0.2) is 4.99 Å². The van der Waals surface area contributed by atoms with E-state index in [0.717, 1.165) is 25.3 Å². The lowest BCUT2D eigenvalue weighted by Crippen LogP contribution is -2.28. The molecule has 0 spiro atoms. The van der Waals surface area contributed by atoms with Crippen LogP contribution in [0.2, 0.25) is 0 Å². The summed E-state index contributed by atoms with van der Waals surface area (Å²) in [6.07, 6.45) is 11.9. The fourth-order valence-electron chi connectivity index (χ4n) is 2.34. The first kappa shape index (κ1) is 14.5. The van der Waals surface area contributed by atoms with Crippen LogP contribution in [0.1, 0.15) is 64.7 Å². The Morgan fingerprint density at radius 1 is 1.06 bits per heavy atom. The molecule has 0 atom stereocenters. The Hall–Kier alpha value is -0.570. The van der Waals surface area contributed by atoms with Gasteiger partial charge < -0.3 is 10.0 Å². The van der Waals surface area contributed by atoms with Crippen LogP contribution in [0.25, 0.3) is 0 Å². The van der Waals surface area contributed by atoms with Gasteiger partial charge in [-0.2, -0.15) is 0 Å². The van der Waals surface area contributed by atoms with Crippen LogP contribution in [-0.2, 0) is 0 Å². The van der Waals surface area contributed by atoms with Crippen LogP contribution in [0.4, 0.5) is 0 Å². The van der Waals surface area contributed by atoms with Crippen molar-refractivity contribution in [3.8, 4) is 0 Å². The summed E-state index contributed by atoms with van der Waals surface area (Å²) in [6.45, 7) is 4.17. The van der Waals surface area contributed by atoms with E-state index in [9.17, 15) is 0 Å². The standard InChI is InChI=1S/C14H28N2O/c1-2-3-4-5-6-7-8-9-10-14-15-11-12-16(14)13-17/h17H,2-13H2,1H3. The number of rotatable bonds is 10. The zero-order valence-electron chi connectivity index (χ0n) is 11.3. The lowest BCUT2D eigenvalue weighted by molar-refractivity contribution is 0.178. The number of aliphatic imine (C=N–C) groups is 1. The quantitative estimate of drug-likeness (QED) is 0.595. The second-order valence-electron chi connectivity index (χ2n) is 4.93. The Morgan fingerprint density at radius 2 is 1.71 bits per heavy atom.